The number of nitrogens with zero attached hydrogens (tertiary/aromatic N) is 1. The van der Waals surface area contributed by atoms with E-state index in [1.54, 1.807) is 18.1 Å². The summed E-state index contributed by atoms with van der Waals surface area (Å²) < 4.78 is 10.7. The molecule has 0 aliphatic carbocycles. The Labute approximate surface area is 163 Å². The van der Waals surface area contributed by atoms with Crippen molar-refractivity contribution in [2.75, 3.05) is 26.1 Å². The van der Waals surface area contributed by atoms with E-state index in [1.165, 1.54) is 7.11 Å². The van der Waals surface area contributed by atoms with Crippen LogP contribution in [0.5, 0.6) is 11.5 Å². The summed E-state index contributed by atoms with van der Waals surface area (Å²) in [5.74, 6) is 0.131. The van der Waals surface area contributed by atoms with Gasteiger partial charge in [-0.3, -0.25) is 4.79 Å². The van der Waals surface area contributed by atoms with Gasteiger partial charge in [-0.05, 0) is 54.3 Å². The van der Waals surface area contributed by atoms with E-state index in [4.69, 9.17) is 9.47 Å². The molecule has 0 unspecified atom stereocenters. The number of carbonyl (C=O) groups is 2. The Bertz CT molecular complexity index is 896. The summed E-state index contributed by atoms with van der Waals surface area (Å²) in [4.78, 5) is 26.0. The third-order valence-corrected chi connectivity index (χ3v) is 4.90. The van der Waals surface area contributed by atoms with Gasteiger partial charge in [-0.15, -0.1) is 0 Å². The standard InChI is InChI=1S/C21H24N2O5/c1-13-5-4-6-15(9-13)22-21(26)23-8-7-14-10-18(27-2)19(28-3)11-16(14)17(23)12-20(24)25/h4-6,9-11,17H,7-8,12H2,1-3H3,(H,22,26)(H,24,25)/t17-/m0/s1. The molecule has 0 fully saturated rings. The van der Waals surface area contributed by atoms with Gasteiger partial charge in [-0.2, -0.15) is 0 Å². The van der Waals surface area contributed by atoms with Crippen LogP contribution >= 0.6 is 0 Å². The van der Waals surface area contributed by atoms with Crippen LogP contribution in [-0.4, -0.2) is 42.8 Å². The number of methoxy groups -OCH3 is 2. The number of rotatable bonds is 5. The van der Waals surface area contributed by atoms with E-state index in [0.29, 0.717) is 30.2 Å². The number of aliphatic carboxylic acids is 1. The Morgan fingerprint density at radius 2 is 1.89 bits per heavy atom. The molecule has 1 aliphatic heterocycles. The molecule has 2 aromatic carbocycles. The van der Waals surface area contributed by atoms with Gasteiger partial charge in [0.25, 0.3) is 0 Å². The molecule has 28 heavy (non-hydrogen) atoms. The van der Waals surface area contributed by atoms with Gasteiger partial charge in [0.1, 0.15) is 0 Å². The number of amides is 2. The van der Waals surface area contributed by atoms with E-state index in [-0.39, 0.29) is 12.5 Å². The maximum absolute atomic E-state index is 12.9. The van der Waals surface area contributed by atoms with Crippen molar-refractivity contribution in [3.05, 3.63) is 53.1 Å². The highest BCUT2D eigenvalue weighted by Crippen LogP contribution is 2.39. The van der Waals surface area contributed by atoms with Gasteiger partial charge in [0.2, 0.25) is 0 Å². The monoisotopic (exact) mass is 384 g/mol. The zero-order chi connectivity index (χ0) is 20.3. The lowest BCUT2D eigenvalue weighted by Gasteiger charge is -2.37. The second kappa shape index (κ2) is 8.21. The maximum atomic E-state index is 12.9. The Kier molecular flexibility index (Phi) is 5.73. The zero-order valence-electron chi connectivity index (χ0n) is 16.2. The highest BCUT2D eigenvalue weighted by Gasteiger charge is 2.33. The maximum Gasteiger partial charge on any atom is 0.322 e. The molecule has 148 valence electrons. The number of carbonyl (C=O) groups excluding carboxylic acids is 1. The number of carboxylic acid groups (broad SMARTS) is 1. The average Bonchev–Trinajstić information content (AvgIpc) is 2.66. The van der Waals surface area contributed by atoms with Gasteiger partial charge in [-0.25, -0.2) is 4.79 Å². The molecule has 3 rings (SSSR count). The molecule has 0 radical (unpaired) electrons. The summed E-state index contributed by atoms with van der Waals surface area (Å²) in [5.41, 5.74) is 3.44. The summed E-state index contributed by atoms with van der Waals surface area (Å²) in [7, 11) is 3.09. The largest absolute Gasteiger partial charge is 0.493 e. The SMILES string of the molecule is COc1cc2c(cc1OC)[C@H](CC(=O)O)N(C(=O)Nc1cccc(C)c1)CC2. The van der Waals surface area contributed by atoms with Gasteiger partial charge in [0, 0.05) is 12.2 Å². The highest BCUT2D eigenvalue weighted by atomic mass is 16.5. The van der Waals surface area contributed by atoms with Crippen molar-refractivity contribution in [2.45, 2.75) is 25.8 Å². The van der Waals surface area contributed by atoms with Crippen molar-refractivity contribution in [2.24, 2.45) is 0 Å². The molecule has 1 heterocycles. The Morgan fingerprint density at radius 3 is 2.54 bits per heavy atom. The normalized spacial score (nSPS) is 15.5. The topological polar surface area (TPSA) is 88.1 Å². The fraction of sp³-hybridized carbons (Fsp3) is 0.333. The van der Waals surface area contributed by atoms with Crippen LogP contribution in [0.1, 0.15) is 29.2 Å². The number of hydrogen-bond acceptors (Lipinski definition) is 4. The Morgan fingerprint density at radius 1 is 1.18 bits per heavy atom. The van der Waals surface area contributed by atoms with Crippen molar-refractivity contribution < 1.29 is 24.2 Å². The minimum atomic E-state index is -0.971. The molecule has 2 aromatic rings. The molecule has 0 aromatic heterocycles. The van der Waals surface area contributed by atoms with Crippen molar-refractivity contribution in [3.8, 4) is 11.5 Å². The number of fused-ring (bicyclic) bond motifs is 1. The summed E-state index contributed by atoms with van der Waals surface area (Å²) in [5, 5.41) is 12.3. The van der Waals surface area contributed by atoms with Crippen LogP contribution in [0.25, 0.3) is 0 Å². The van der Waals surface area contributed by atoms with Gasteiger partial charge >= 0.3 is 12.0 Å². The summed E-state index contributed by atoms with van der Waals surface area (Å²) in [6.45, 7) is 2.36. The van der Waals surface area contributed by atoms with E-state index in [0.717, 1.165) is 16.7 Å². The minimum absolute atomic E-state index is 0.191. The lowest BCUT2D eigenvalue weighted by Crippen LogP contribution is -2.43. The Balaban J connectivity index is 1.94. The van der Waals surface area contributed by atoms with Gasteiger partial charge in [0.15, 0.2) is 11.5 Å². The molecule has 1 atom stereocenters. The fourth-order valence-corrected chi connectivity index (χ4v) is 3.57. The van der Waals surface area contributed by atoms with Crippen LogP contribution in [0.15, 0.2) is 36.4 Å². The molecule has 1 aliphatic rings. The van der Waals surface area contributed by atoms with Crippen molar-refractivity contribution in [1.29, 1.82) is 0 Å². The molecule has 7 heteroatoms. The molecule has 0 saturated heterocycles. The number of benzene rings is 2. The third-order valence-electron chi connectivity index (χ3n) is 4.90. The van der Waals surface area contributed by atoms with E-state index in [2.05, 4.69) is 5.32 Å². The van der Waals surface area contributed by atoms with Crippen LogP contribution in [-0.2, 0) is 11.2 Å². The number of urea groups is 1. The van der Waals surface area contributed by atoms with E-state index in [1.807, 2.05) is 37.3 Å². The molecule has 0 saturated carbocycles. The van der Waals surface area contributed by atoms with Crippen molar-refractivity contribution in [1.82, 2.24) is 4.90 Å². The van der Waals surface area contributed by atoms with E-state index < -0.39 is 12.0 Å². The minimum Gasteiger partial charge on any atom is -0.493 e. The first-order chi connectivity index (χ1) is 13.4. The van der Waals surface area contributed by atoms with Crippen LogP contribution in [0.4, 0.5) is 10.5 Å². The molecule has 7 nitrogen and oxygen atoms in total. The molecular formula is C21H24N2O5. The number of anilines is 1. The predicted molar refractivity (Wildman–Crippen MR) is 105 cm³/mol. The van der Waals surface area contributed by atoms with Crippen molar-refractivity contribution >= 4 is 17.7 Å². The number of nitrogens with one attached hydrogen (secondary N) is 1. The van der Waals surface area contributed by atoms with E-state index >= 15 is 0 Å². The highest BCUT2D eigenvalue weighted by molar-refractivity contribution is 5.90. The average molecular weight is 384 g/mol. The Hall–Kier alpha value is -3.22. The molecule has 0 bridgehead atoms. The molecule has 2 N–H and O–H groups in total. The number of carboxylic acids is 1. The quantitative estimate of drug-likeness (QED) is 0.822. The van der Waals surface area contributed by atoms with Gasteiger partial charge in [-0.1, -0.05) is 12.1 Å². The number of ether oxygens (including phenoxy) is 2. The lowest BCUT2D eigenvalue weighted by atomic mass is 9.90. The summed E-state index contributed by atoms with van der Waals surface area (Å²) in [6.07, 6.45) is 0.413. The fourth-order valence-electron chi connectivity index (χ4n) is 3.57. The second-order valence-electron chi connectivity index (χ2n) is 6.76. The number of aryl methyl sites for hydroxylation is 1. The summed E-state index contributed by atoms with van der Waals surface area (Å²) >= 11 is 0. The first kappa shape index (κ1) is 19.5. The molecule has 0 spiro atoms. The first-order valence-corrected chi connectivity index (χ1v) is 9.03. The molecular weight excluding hydrogens is 360 g/mol. The second-order valence-corrected chi connectivity index (χ2v) is 6.76. The lowest BCUT2D eigenvalue weighted by molar-refractivity contribution is -0.138. The smallest absolute Gasteiger partial charge is 0.322 e. The van der Waals surface area contributed by atoms with Gasteiger partial charge < -0.3 is 24.8 Å². The van der Waals surface area contributed by atoms with Crippen LogP contribution < -0.4 is 14.8 Å². The van der Waals surface area contributed by atoms with Crippen LogP contribution in [0.2, 0.25) is 0 Å². The molecule has 2 amide bonds. The van der Waals surface area contributed by atoms with Crippen LogP contribution in [0, 0.1) is 6.92 Å². The van der Waals surface area contributed by atoms with Crippen molar-refractivity contribution in [3.63, 3.8) is 0 Å². The van der Waals surface area contributed by atoms with E-state index in [9.17, 15) is 14.7 Å². The number of hydrogen-bond donors (Lipinski definition) is 2. The first-order valence-electron chi connectivity index (χ1n) is 9.03. The van der Waals surface area contributed by atoms with Crippen LogP contribution in [0.3, 0.4) is 0 Å². The zero-order valence-corrected chi connectivity index (χ0v) is 16.2. The third kappa shape index (κ3) is 4.03. The van der Waals surface area contributed by atoms with Gasteiger partial charge in [0.05, 0.1) is 26.7 Å². The summed E-state index contributed by atoms with van der Waals surface area (Å²) in [6, 6.07) is 10.2. The predicted octanol–water partition coefficient (Wildman–Crippen LogP) is 3.62.